The van der Waals surface area contributed by atoms with Crippen molar-refractivity contribution in [3.05, 3.63) is 52.0 Å². The smallest absolute Gasteiger partial charge is 0.276 e. The maximum absolute atomic E-state index is 12.3. The summed E-state index contributed by atoms with van der Waals surface area (Å²) in [7, 11) is -2.18. The molecular formula is C18H21BrN2O4S. The predicted molar refractivity (Wildman–Crippen MR) is 106 cm³/mol. The Balaban J connectivity index is 2.17. The van der Waals surface area contributed by atoms with Crippen molar-refractivity contribution in [2.24, 2.45) is 5.10 Å². The molecule has 8 heteroatoms. The monoisotopic (exact) mass is 440 g/mol. The van der Waals surface area contributed by atoms with Crippen molar-refractivity contribution in [2.75, 3.05) is 13.7 Å². The molecule has 6 nitrogen and oxygen atoms in total. The maximum Gasteiger partial charge on any atom is 0.276 e. The number of ether oxygens (including phenoxy) is 2. The van der Waals surface area contributed by atoms with E-state index in [1.807, 2.05) is 13.8 Å². The lowest BCUT2D eigenvalue weighted by molar-refractivity contribution is 0.309. The Hall–Kier alpha value is -2.06. The molecule has 0 saturated heterocycles. The van der Waals surface area contributed by atoms with Gasteiger partial charge >= 0.3 is 0 Å². The van der Waals surface area contributed by atoms with Crippen LogP contribution in [-0.2, 0) is 16.4 Å². The second kappa shape index (κ2) is 9.05. The van der Waals surface area contributed by atoms with Crippen molar-refractivity contribution >= 4 is 32.2 Å². The highest BCUT2D eigenvalue weighted by Crippen LogP contribution is 2.36. The zero-order chi connectivity index (χ0) is 19.2. The minimum atomic E-state index is -3.71. The van der Waals surface area contributed by atoms with E-state index >= 15 is 0 Å². The molecule has 0 saturated carbocycles. The van der Waals surface area contributed by atoms with Gasteiger partial charge in [-0.25, -0.2) is 4.83 Å². The molecule has 2 aromatic rings. The molecule has 0 aliphatic rings. The fourth-order valence-corrected chi connectivity index (χ4v) is 3.59. The standard InChI is InChI=1S/C18H21BrN2O4S/c1-4-13-6-8-15(9-7-13)26(22,23)21-20-12-14-10-16(19)18(25-5-2)17(11-14)24-3/h6-12,21H,4-5H2,1-3H3. The van der Waals surface area contributed by atoms with Gasteiger partial charge in [0.1, 0.15) is 0 Å². The molecule has 0 aromatic heterocycles. The van der Waals surface area contributed by atoms with Crippen molar-refractivity contribution in [1.29, 1.82) is 0 Å². The third kappa shape index (κ3) is 4.98. The second-order valence-corrected chi connectivity index (χ2v) is 7.83. The van der Waals surface area contributed by atoms with Crippen LogP contribution in [0.3, 0.4) is 0 Å². The average Bonchev–Trinajstić information content (AvgIpc) is 2.63. The molecular weight excluding hydrogens is 420 g/mol. The fourth-order valence-electron chi connectivity index (χ4n) is 2.23. The van der Waals surface area contributed by atoms with Gasteiger partial charge in [0.25, 0.3) is 10.0 Å². The SMILES string of the molecule is CCOc1c(Br)cc(C=NNS(=O)(=O)c2ccc(CC)cc2)cc1OC. The summed E-state index contributed by atoms with van der Waals surface area (Å²) in [6.45, 7) is 4.39. The molecule has 0 unspecified atom stereocenters. The maximum atomic E-state index is 12.3. The number of benzene rings is 2. The molecule has 0 fully saturated rings. The summed E-state index contributed by atoms with van der Waals surface area (Å²) in [4.78, 5) is 2.38. The Bertz CT molecular complexity index is 881. The summed E-state index contributed by atoms with van der Waals surface area (Å²) in [5.41, 5.74) is 1.72. The Morgan fingerprint density at radius 2 is 1.88 bits per heavy atom. The first kappa shape index (κ1) is 20.3. The van der Waals surface area contributed by atoms with Crippen LogP contribution in [0.5, 0.6) is 11.5 Å². The molecule has 0 aliphatic heterocycles. The molecule has 26 heavy (non-hydrogen) atoms. The van der Waals surface area contributed by atoms with Gasteiger partial charge in [-0.15, -0.1) is 0 Å². The van der Waals surface area contributed by atoms with Gasteiger partial charge in [-0.1, -0.05) is 19.1 Å². The highest BCUT2D eigenvalue weighted by Gasteiger charge is 2.13. The predicted octanol–water partition coefficient (Wildman–Crippen LogP) is 3.73. The second-order valence-electron chi connectivity index (χ2n) is 5.32. The highest BCUT2D eigenvalue weighted by atomic mass is 79.9. The molecule has 0 bridgehead atoms. The van der Waals surface area contributed by atoms with E-state index in [4.69, 9.17) is 9.47 Å². The summed E-state index contributed by atoms with van der Waals surface area (Å²) >= 11 is 3.42. The number of rotatable bonds is 8. The summed E-state index contributed by atoms with van der Waals surface area (Å²) in [5, 5.41) is 3.84. The largest absolute Gasteiger partial charge is 0.493 e. The van der Waals surface area contributed by atoms with Gasteiger partial charge in [0.15, 0.2) is 11.5 Å². The molecule has 0 spiro atoms. The number of aryl methyl sites for hydroxylation is 1. The van der Waals surface area contributed by atoms with E-state index in [2.05, 4.69) is 25.9 Å². The lowest BCUT2D eigenvalue weighted by Gasteiger charge is -2.12. The minimum Gasteiger partial charge on any atom is -0.493 e. The zero-order valence-electron chi connectivity index (χ0n) is 14.8. The van der Waals surface area contributed by atoms with Crippen molar-refractivity contribution in [3.8, 4) is 11.5 Å². The Kier molecular flexibility index (Phi) is 7.05. The topological polar surface area (TPSA) is 77.0 Å². The molecule has 2 rings (SSSR count). The highest BCUT2D eigenvalue weighted by molar-refractivity contribution is 9.10. The molecule has 0 amide bonds. The third-order valence-electron chi connectivity index (χ3n) is 3.57. The van der Waals surface area contributed by atoms with Crippen molar-refractivity contribution < 1.29 is 17.9 Å². The summed E-state index contributed by atoms with van der Waals surface area (Å²) < 4.78 is 36.1. The molecule has 0 atom stereocenters. The van der Waals surface area contributed by atoms with Crippen LogP contribution in [0.1, 0.15) is 25.0 Å². The number of methoxy groups -OCH3 is 1. The van der Waals surface area contributed by atoms with E-state index in [0.717, 1.165) is 12.0 Å². The minimum absolute atomic E-state index is 0.164. The van der Waals surface area contributed by atoms with Gasteiger partial charge in [-0.05, 0) is 64.7 Å². The van der Waals surface area contributed by atoms with Gasteiger partial charge in [0.2, 0.25) is 0 Å². The van der Waals surface area contributed by atoms with Gasteiger partial charge in [0.05, 0.1) is 29.3 Å². The first-order valence-corrected chi connectivity index (χ1v) is 10.3. The van der Waals surface area contributed by atoms with Crippen LogP contribution >= 0.6 is 15.9 Å². The number of nitrogens with one attached hydrogen (secondary N) is 1. The molecule has 0 aliphatic carbocycles. The molecule has 0 heterocycles. The number of hydrogen-bond donors (Lipinski definition) is 1. The van der Waals surface area contributed by atoms with Crippen LogP contribution in [-0.4, -0.2) is 28.3 Å². The van der Waals surface area contributed by atoms with E-state index < -0.39 is 10.0 Å². The van der Waals surface area contributed by atoms with Crippen molar-refractivity contribution in [1.82, 2.24) is 4.83 Å². The van der Waals surface area contributed by atoms with Gasteiger partial charge < -0.3 is 9.47 Å². The zero-order valence-corrected chi connectivity index (χ0v) is 17.2. The van der Waals surface area contributed by atoms with E-state index in [1.165, 1.54) is 13.3 Å². The number of hydrazone groups is 1. The molecule has 2 aromatic carbocycles. The molecule has 140 valence electrons. The number of nitrogens with zero attached hydrogens (tertiary/aromatic N) is 1. The lowest BCUT2D eigenvalue weighted by atomic mass is 10.2. The van der Waals surface area contributed by atoms with Crippen molar-refractivity contribution in [2.45, 2.75) is 25.2 Å². The van der Waals surface area contributed by atoms with E-state index in [1.54, 1.807) is 36.4 Å². The Labute approximate surface area is 162 Å². The Morgan fingerprint density at radius 3 is 2.46 bits per heavy atom. The third-order valence-corrected chi connectivity index (χ3v) is 5.40. The van der Waals surface area contributed by atoms with Crippen molar-refractivity contribution in [3.63, 3.8) is 0 Å². The normalized spacial score (nSPS) is 11.5. The molecule has 0 radical (unpaired) electrons. The number of halogens is 1. The van der Waals surface area contributed by atoms with Crippen LogP contribution < -0.4 is 14.3 Å². The van der Waals surface area contributed by atoms with Crippen LogP contribution in [0.25, 0.3) is 0 Å². The summed E-state index contributed by atoms with van der Waals surface area (Å²) in [6, 6.07) is 10.2. The van der Waals surface area contributed by atoms with E-state index in [-0.39, 0.29) is 4.90 Å². The summed E-state index contributed by atoms with van der Waals surface area (Å²) in [5.74, 6) is 1.12. The Morgan fingerprint density at radius 1 is 1.19 bits per heavy atom. The van der Waals surface area contributed by atoms with Gasteiger partial charge in [-0.2, -0.15) is 13.5 Å². The van der Waals surface area contributed by atoms with Crippen LogP contribution in [0, 0.1) is 0 Å². The van der Waals surface area contributed by atoms with E-state index in [0.29, 0.717) is 28.1 Å². The first-order chi connectivity index (χ1) is 12.4. The lowest BCUT2D eigenvalue weighted by Crippen LogP contribution is -2.18. The average molecular weight is 441 g/mol. The van der Waals surface area contributed by atoms with Gasteiger partial charge in [-0.3, -0.25) is 0 Å². The molecule has 1 N–H and O–H groups in total. The summed E-state index contributed by atoms with van der Waals surface area (Å²) in [6.07, 6.45) is 2.25. The van der Waals surface area contributed by atoms with Gasteiger partial charge in [0, 0.05) is 0 Å². The van der Waals surface area contributed by atoms with Crippen LogP contribution in [0.4, 0.5) is 0 Å². The number of sulfonamides is 1. The van der Waals surface area contributed by atoms with Crippen LogP contribution in [0.15, 0.2) is 50.9 Å². The van der Waals surface area contributed by atoms with E-state index in [9.17, 15) is 8.42 Å². The first-order valence-electron chi connectivity index (χ1n) is 8.05. The quantitative estimate of drug-likeness (QED) is 0.500. The van der Waals surface area contributed by atoms with Crippen LogP contribution in [0.2, 0.25) is 0 Å². The number of hydrogen-bond acceptors (Lipinski definition) is 5. The fraction of sp³-hybridized carbons (Fsp3) is 0.278.